The molecule has 4 heteroatoms. The Morgan fingerprint density at radius 1 is 1.08 bits per heavy atom. The molecular formula is C21H21N3O. The molecule has 2 aromatic carbocycles. The van der Waals surface area contributed by atoms with E-state index in [4.69, 9.17) is 0 Å². The first kappa shape index (κ1) is 15.6. The molecule has 1 aliphatic rings. The van der Waals surface area contributed by atoms with Gasteiger partial charge < -0.3 is 5.32 Å². The lowest BCUT2D eigenvalue weighted by Gasteiger charge is -2.16. The van der Waals surface area contributed by atoms with Crippen molar-refractivity contribution in [2.45, 2.75) is 25.2 Å². The number of amides is 1. The van der Waals surface area contributed by atoms with Crippen molar-refractivity contribution in [3.8, 4) is 5.69 Å². The number of para-hydroxylation sites is 1. The maximum absolute atomic E-state index is 12.7. The number of rotatable bonds is 5. The van der Waals surface area contributed by atoms with Crippen molar-refractivity contribution in [3.05, 3.63) is 83.7 Å². The molecular weight excluding hydrogens is 310 g/mol. The molecule has 0 saturated heterocycles. The summed E-state index contributed by atoms with van der Waals surface area (Å²) in [5, 5.41) is 7.49. The second kappa shape index (κ2) is 6.20. The van der Waals surface area contributed by atoms with Gasteiger partial charge in [-0.2, -0.15) is 5.10 Å². The van der Waals surface area contributed by atoms with Crippen LogP contribution in [-0.4, -0.2) is 22.2 Å². The van der Waals surface area contributed by atoms with Crippen molar-refractivity contribution >= 4 is 5.91 Å². The van der Waals surface area contributed by atoms with E-state index in [1.807, 2.05) is 43.3 Å². The van der Waals surface area contributed by atoms with Gasteiger partial charge in [-0.25, -0.2) is 4.68 Å². The fourth-order valence-corrected chi connectivity index (χ4v) is 3.32. The summed E-state index contributed by atoms with van der Waals surface area (Å²) in [6.45, 7) is 2.60. The van der Waals surface area contributed by atoms with E-state index in [-0.39, 0.29) is 11.3 Å². The van der Waals surface area contributed by atoms with Gasteiger partial charge in [0.25, 0.3) is 5.91 Å². The van der Waals surface area contributed by atoms with Gasteiger partial charge in [-0.15, -0.1) is 0 Å². The summed E-state index contributed by atoms with van der Waals surface area (Å²) in [6, 6.07) is 20.3. The van der Waals surface area contributed by atoms with Crippen LogP contribution in [0.25, 0.3) is 5.69 Å². The SMILES string of the molecule is Cc1c(C(=O)NCC2(c3ccccc3)CC2)cnn1-c1ccccc1. The molecule has 0 spiro atoms. The number of carbonyl (C=O) groups is 1. The molecule has 3 aromatic rings. The average Bonchev–Trinajstić information content (AvgIpc) is 3.37. The van der Waals surface area contributed by atoms with E-state index in [0.717, 1.165) is 24.2 Å². The van der Waals surface area contributed by atoms with Gasteiger partial charge >= 0.3 is 0 Å². The van der Waals surface area contributed by atoms with Crippen LogP contribution < -0.4 is 5.32 Å². The summed E-state index contributed by atoms with van der Waals surface area (Å²) < 4.78 is 1.80. The summed E-state index contributed by atoms with van der Waals surface area (Å²) in [7, 11) is 0. The predicted octanol–water partition coefficient (Wildman–Crippen LogP) is 3.64. The van der Waals surface area contributed by atoms with Crippen LogP contribution in [0.5, 0.6) is 0 Å². The van der Waals surface area contributed by atoms with E-state index in [9.17, 15) is 4.79 Å². The van der Waals surface area contributed by atoms with E-state index in [2.05, 4.69) is 34.7 Å². The largest absolute Gasteiger partial charge is 0.351 e. The minimum absolute atomic E-state index is 0.0538. The molecule has 0 atom stereocenters. The zero-order chi connectivity index (χ0) is 17.3. The van der Waals surface area contributed by atoms with Crippen LogP contribution in [0.4, 0.5) is 0 Å². The third kappa shape index (κ3) is 2.95. The molecule has 1 aromatic heterocycles. The second-order valence-corrected chi connectivity index (χ2v) is 6.72. The van der Waals surface area contributed by atoms with Crippen LogP contribution in [0, 0.1) is 6.92 Å². The van der Waals surface area contributed by atoms with E-state index >= 15 is 0 Å². The molecule has 25 heavy (non-hydrogen) atoms. The molecule has 1 N–H and O–H groups in total. The third-order valence-electron chi connectivity index (χ3n) is 5.08. The van der Waals surface area contributed by atoms with Gasteiger partial charge in [-0.3, -0.25) is 4.79 Å². The Bertz CT molecular complexity index is 880. The fraction of sp³-hybridized carbons (Fsp3) is 0.238. The van der Waals surface area contributed by atoms with Gasteiger partial charge in [0.05, 0.1) is 23.1 Å². The summed E-state index contributed by atoms with van der Waals surface area (Å²) in [6.07, 6.45) is 3.90. The monoisotopic (exact) mass is 331 g/mol. The van der Waals surface area contributed by atoms with Crippen LogP contribution in [0.3, 0.4) is 0 Å². The Labute approximate surface area is 147 Å². The lowest BCUT2D eigenvalue weighted by atomic mass is 9.96. The summed E-state index contributed by atoms with van der Waals surface area (Å²) >= 11 is 0. The van der Waals surface area contributed by atoms with Crippen molar-refractivity contribution in [1.82, 2.24) is 15.1 Å². The maximum Gasteiger partial charge on any atom is 0.254 e. The summed E-state index contributed by atoms with van der Waals surface area (Å²) in [4.78, 5) is 12.7. The van der Waals surface area contributed by atoms with Crippen LogP contribution in [0.2, 0.25) is 0 Å². The van der Waals surface area contributed by atoms with Crippen molar-refractivity contribution in [2.24, 2.45) is 0 Å². The van der Waals surface area contributed by atoms with Gasteiger partial charge in [0, 0.05) is 12.0 Å². The smallest absolute Gasteiger partial charge is 0.254 e. The highest BCUT2D eigenvalue weighted by molar-refractivity contribution is 5.95. The molecule has 4 rings (SSSR count). The highest BCUT2D eigenvalue weighted by Crippen LogP contribution is 2.47. The molecule has 1 amide bonds. The first-order valence-electron chi connectivity index (χ1n) is 8.63. The highest BCUT2D eigenvalue weighted by Gasteiger charge is 2.44. The highest BCUT2D eigenvalue weighted by atomic mass is 16.1. The Morgan fingerprint density at radius 3 is 2.36 bits per heavy atom. The zero-order valence-electron chi connectivity index (χ0n) is 14.3. The fourth-order valence-electron chi connectivity index (χ4n) is 3.32. The number of hydrogen-bond acceptors (Lipinski definition) is 2. The first-order chi connectivity index (χ1) is 12.2. The van der Waals surface area contributed by atoms with Crippen molar-refractivity contribution in [1.29, 1.82) is 0 Å². The molecule has 0 aliphatic heterocycles. The zero-order valence-corrected chi connectivity index (χ0v) is 14.3. The van der Waals surface area contributed by atoms with Crippen molar-refractivity contribution in [3.63, 3.8) is 0 Å². The summed E-state index contributed by atoms with van der Waals surface area (Å²) in [5.74, 6) is -0.0538. The minimum atomic E-state index is -0.0538. The molecule has 126 valence electrons. The topological polar surface area (TPSA) is 46.9 Å². The Balaban J connectivity index is 1.49. The van der Waals surface area contributed by atoms with E-state index in [1.54, 1.807) is 10.9 Å². The van der Waals surface area contributed by atoms with Gasteiger partial charge in [0.2, 0.25) is 0 Å². The molecule has 4 nitrogen and oxygen atoms in total. The van der Waals surface area contributed by atoms with Gasteiger partial charge in [0.1, 0.15) is 0 Å². The van der Waals surface area contributed by atoms with Crippen LogP contribution in [0.15, 0.2) is 66.9 Å². The summed E-state index contributed by atoms with van der Waals surface area (Å²) in [5.41, 5.74) is 3.87. The molecule has 1 fully saturated rings. The molecule has 0 bridgehead atoms. The first-order valence-corrected chi connectivity index (χ1v) is 8.63. The minimum Gasteiger partial charge on any atom is -0.351 e. The van der Waals surface area contributed by atoms with E-state index in [1.165, 1.54) is 5.56 Å². The van der Waals surface area contributed by atoms with Gasteiger partial charge in [-0.05, 0) is 37.5 Å². The van der Waals surface area contributed by atoms with Gasteiger partial charge in [0.15, 0.2) is 0 Å². The molecule has 0 radical (unpaired) electrons. The maximum atomic E-state index is 12.7. The van der Waals surface area contributed by atoms with Crippen molar-refractivity contribution in [2.75, 3.05) is 6.54 Å². The molecule has 0 unspecified atom stereocenters. The number of nitrogens with zero attached hydrogens (tertiary/aromatic N) is 2. The number of carbonyl (C=O) groups excluding carboxylic acids is 1. The normalized spacial score (nSPS) is 14.9. The van der Waals surface area contributed by atoms with Crippen LogP contribution >= 0.6 is 0 Å². The van der Waals surface area contributed by atoms with Crippen LogP contribution in [-0.2, 0) is 5.41 Å². The predicted molar refractivity (Wildman–Crippen MR) is 98.0 cm³/mol. The lowest BCUT2D eigenvalue weighted by Crippen LogP contribution is -2.32. The molecule has 1 aliphatic carbocycles. The Morgan fingerprint density at radius 2 is 1.72 bits per heavy atom. The Hall–Kier alpha value is -2.88. The quantitative estimate of drug-likeness (QED) is 0.776. The third-order valence-corrected chi connectivity index (χ3v) is 5.08. The second-order valence-electron chi connectivity index (χ2n) is 6.72. The number of hydrogen-bond donors (Lipinski definition) is 1. The molecule has 1 heterocycles. The lowest BCUT2D eigenvalue weighted by molar-refractivity contribution is 0.0949. The van der Waals surface area contributed by atoms with Crippen molar-refractivity contribution < 1.29 is 4.79 Å². The number of aromatic nitrogens is 2. The van der Waals surface area contributed by atoms with E-state index < -0.39 is 0 Å². The molecule has 1 saturated carbocycles. The number of benzene rings is 2. The van der Waals surface area contributed by atoms with E-state index in [0.29, 0.717) is 12.1 Å². The number of nitrogens with one attached hydrogen (secondary N) is 1. The standard InChI is InChI=1S/C21H21N3O/c1-16-19(14-23-24(16)18-10-6-3-7-11-18)20(25)22-15-21(12-13-21)17-8-4-2-5-9-17/h2-11,14H,12-13,15H2,1H3,(H,22,25). The van der Waals surface area contributed by atoms with Crippen LogP contribution in [0.1, 0.15) is 34.5 Å². The Kier molecular flexibility index (Phi) is 3.88. The average molecular weight is 331 g/mol. The van der Waals surface area contributed by atoms with Gasteiger partial charge in [-0.1, -0.05) is 48.5 Å².